The minimum absolute atomic E-state index is 0.168. The summed E-state index contributed by atoms with van der Waals surface area (Å²) in [5, 5.41) is 0. The van der Waals surface area contributed by atoms with Gasteiger partial charge >= 0.3 is 0 Å². The number of rotatable bonds is 5. The van der Waals surface area contributed by atoms with E-state index in [9.17, 15) is 8.42 Å². The van der Waals surface area contributed by atoms with E-state index in [2.05, 4.69) is 27.2 Å². The molecule has 0 atom stereocenters. The van der Waals surface area contributed by atoms with Gasteiger partial charge in [0.1, 0.15) is 0 Å². The second-order valence-corrected chi connectivity index (χ2v) is 6.08. The first kappa shape index (κ1) is 13.4. The van der Waals surface area contributed by atoms with E-state index < -0.39 is 10.0 Å². The first-order valence-electron chi connectivity index (χ1n) is 4.57. The third-order valence-corrected chi connectivity index (χ3v) is 3.62. The Morgan fingerprint density at radius 1 is 1.38 bits per heavy atom. The summed E-state index contributed by atoms with van der Waals surface area (Å²) in [5.41, 5.74) is 6.32. The van der Waals surface area contributed by atoms with Crippen LogP contribution in [0.4, 0.5) is 0 Å². The van der Waals surface area contributed by atoms with Gasteiger partial charge in [0, 0.05) is 17.6 Å². The molecule has 0 saturated heterocycles. The van der Waals surface area contributed by atoms with Crippen molar-refractivity contribution in [3.63, 3.8) is 0 Å². The van der Waals surface area contributed by atoms with Gasteiger partial charge in [-0.2, -0.15) is 0 Å². The topological polar surface area (TPSA) is 72.2 Å². The van der Waals surface area contributed by atoms with Gasteiger partial charge in [0.15, 0.2) is 0 Å². The molecule has 0 aliphatic rings. The molecule has 88 valence electrons. The summed E-state index contributed by atoms with van der Waals surface area (Å²) in [6.45, 7) is 4.11. The molecule has 0 amide bonds. The first-order chi connectivity index (χ1) is 7.45. The molecule has 1 aromatic carbocycles. The van der Waals surface area contributed by atoms with Crippen LogP contribution in [0, 0.1) is 0 Å². The third-order valence-electron chi connectivity index (χ3n) is 1.92. The SMILES string of the molecule is C=C(Br)CNS(=O)(=O)c1ccc(CN)cc1. The lowest BCUT2D eigenvalue weighted by atomic mass is 10.2. The van der Waals surface area contributed by atoms with Gasteiger partial charge in [-0.15, -0.1) is 0 Å². The van der Waals surface area contributed by atoms with E-state index in [1.807, 2.05) is 0 Å². The Kier molecular flexibility index (Phi) is 4.67. The van der Waals surface area contributed by atoms with Crippen molar-refractivity contribution in [2.24, 2.45) is 5.73 Å². The van der Waals surface area contributed by atoms with Gasteiger partial charge in [0.2, 0.25) is 10.0 Å². The number of halogens is 1. The lowest BCUT2D eigenvalue weighted by Crippen LogP contribution is -2.24. The van der Waals surface area contributed by atoms with E-state index in [0.29, 0.717) is 11.0 Å². The molecule has 0 fully saturated rings. The standard InChI is InChI=1S/C10H13BrN2O2S/c1-8(11)7-13-16(14,15)10-4-2-9(6-12)3-5-10/h2-5,13H,1,6-7,12H2. The number of sulfonamides is 1. The van der Waals surface area contributed by atoms with E-state index in [0.717, 1.165) is 5.56 Å². The summed E-state index contributed by atoms with van der Waals surface area (Å²) in [6.07, 6.45) is 0. The second-order valence-electron chi connectivity index (χ2n) is 3.19. The van der Waals surface area contributed by atoms with Crippen molar-refractivity contribution in [3.8, 4) is 0 Å². The van der Waals surface area contributed by atoms with Crippen molar-refractivity contribution in [1.29, 1.82) is 0 Å². The van der Waals surface area contributed by atoms with Crippen LogP contribution in [0.2, 0.25) is 0 Å². The van der Waals surface area contributed by atoms with Crippen LogP contribution in [0.5, 0.6) is 0 Å². The highest BCUT2D eigenvalue weighted by molar-refractivity contribution is 9.11. The Labute approximate surface area is 104 Å². The van der Waals surface area contributed by atoms with Gasteiger partial charge in [-0.3, -0.25) is 0 Å². The summed E-state index contributed by atoms with van der Waals surface area (Å²) in [7, 11) is -3.46. The summed E-state index contributed by atoms with van der Waals surface area (Å²) in [6, 6.07) is 6.44. The second kappa shape index (κ2) is 5.58. The van der Waals surface area contributed by atoms with Crippen molar-refractivity contribution in [1.82, 2.24) is 4.72 Å². The highest BCUT2D eigenvalue weighted by atomic mass is 79.9. The van der Waals surface area contributed by atoms with Crippen LogP contribution in [0.25, 0.3) is 0 Å². The smallest absolute Gasteiger partial charge is 0.240 e. The van der Waals surface area contributed by atoms with Crippen LogP contribution >= 0.6 is 15.9 Å². The van der Waals surface area contributed by atoms with Crippen molar-refractivity contribution in [2.45, 2.75) is 11.4 Å². The molecule has 3 N–H and O–H groups in total. The fourth-order valence-corrected chi connectivity index (χ4v) is 2.41. The maximum absolute atomic E-state index is 11.7. The molecule has 0 unspecified atom stereocenters. The van der Waals surface area contributed by atoms with E-state index in [1.54, 1.807) is 12.1 Å². The van der Waals surface area contributed by atoms with Gasteiger partial charge in [0.25, 0.3) is 0 Å². The number of nitrogens with one attached hydrogen (secondary N) is 1. The monoisotopic (exact) mass is 304 g/mol. The average Bonchev–Trinajstić information content (AvgIpc) is 2.27. The molecule has 0 aliphatic heterocycles. The highest BCUT2D eigenvalue weighted by Crippen LogP contribution is 2.10. The highest BCUT2D eigenvalue weighted by Gasteiger charge is 2.12. The molecule has 0 radical (unpaired) electrons. The third kappa shape index (κ3) is 3.71. The normalized spacial score (nSPS) is 11.4. The fraction of sp³-hybridized carbons (Fsp3) is 0.200. The average molecular weight is 305 g/mol. The summed E-state index contributed by atoms with van der Waals surface area (Å²) in [5.74, 6) is 0. The van der Waals surface area contributed by atoms with Crippen LogP contribution in [0.15, 0.2) is 40.2 Å². The van der Waals surface area contributed by atoms with Gasteiger partial charge in [-0.05, 0) is 17.7 Å². The molecule has 0 aromatic heterocycles. The van der Waals surface area contributed by atoms with Gasteiger partial charge in [-0.1, -0.05) is 34.6 Å². The lowest BCUT2D eigenvalue weighted by molar-refractivity contribution is 0.585. The molecule has 4 nitrogen and oxygen atoms in total. The Balaban J connectivity index is 2.85. The van der Waals surface area contributed by atoms with Crippen LogP contribution in [-0.2, 0) is 16.6 Å². The number of nitrogens with two attached hydrogens (primary N) is 1. The van der Waals surface area contributed by atoms with Crippen molar-refractivity contribution >= 4 is 26.0 Å². The van der Waals surface area contributed by atoms with E-state index in [-0.39, 0.29) is 11.4 Å². The number of hydrogen-bond donors (Lipinski definition) is 2. The molecule has 1 aromatic rings. The maximum Gasteiger partial charge on any atom is 0.240 e. The van der Waals surface area contributed by atoms with Crippen LogP contribution in [0.3, 0.4) is 0 Å². The summed E-state index contributed by atoms with van der Waals surface area (Å²) >= 11 is 3.08. The van der Waals surface area contributed by atoms with E-state index >= 15 is 0 Å². The predicted octanol–water partition coefficient (Wildman–Crippen LogP) is 1.33. The molecule has 16 heavy (non-hydrogen) atoms. The molecule has 6 heteroatoms. The van der Waals surface area contributed by atoms with Crippen molar-refractivity contribution < 1.29 is 8.42 Å². The number of hydrogen-bond acceptors (Lipinski definition) is 3. The van der Waals surface area contributed by atoms with Crippen LogP contribution in [0.1, 0.15) is 5.56 Å². The van der Waals surface area contributed by atoms with E-state index in [4.69, 9.17) is 5.73 Å². The largest absolute Gasteiger partial charge is 0.326 e. The van der Waals surface area contributed by atoms with Crippen molar-refractivity contribution in [2.75, 3.05) is 6.54 Å². The quantitative estimate of drug-likeness (QED) is 0.862. The number of benzene rings is 1. The molecule has 0 heterocycles. The molecule has 0 aliphatic carbocycles. The molecule has 1 rings (SSSR count). The molecular formula is C10H13BrN2O2S. The molecular weight excluding hydrogens is 292 g/mol. The van der Waals surface area contributed by atoms with E-state index in [1.165, 1.54) is 12.1 Å². The van der Waals surface area contributed by atoms with Gasteiger partial charge < -0.3 is 5.73 Å². The van der Waals surface area contributed by atoms with Gasteiger partial charge in [0.05, 0.1) is 4.90 Å². The Morgan fingerprint density at radius 2 is 1.94 bits per heavy atom. The Bertz CT molecular complexity index is 468. The molecule has 0 spiro atoms. The zero-order chi connectivity index (χ0) is 12.2. The summed E-state index contributed by atoms with van der Waals surface area (Å²) in [4.78, 5) is 0.221. The lowest BCUT2D eigenvalue weighted by Gasteiger charge is -2.06. The fourth-order valence-electron chi connectivity index (χ4n) is 1.06. The van der Waals surface area contributed by atoms with Gasteiger partial charge in [-0.25, -0.2) is 13.1 Å². The zero-order valence-electron chi connectivity index (χ0n) is 8.61. The zero-order valence-corrected chi connectivity index (χ0v) is 11.0. The Morgan fingerprint density at radius 3 is 2.38 bits per heavy atom. The first-order valence-corrected chi connectivity index (χ1v) is 6.85. The Hall–Kier alpha value is -0.690. The summed E-state index contributed by atoms with van der Waals surface area (Å²) < 4.78 is 26.4. The minimum atomic E-state index is -3.46. The van der Waals surface area contributed by atoms with Crippen LogP contribution in [-0.4, -0.2) is 15.0 Å². The van der Waals surface area contributed by atoms with Crippen LogP contribution < -0.4 is 10.5 Å². The molecule has 0 saturated carbocycles. The molecule has 0 bridgehead atoms. The minimum Gasteiger partial charge on any atom is -0.326 e. The maximum atomic E-state index is 11.7. The predicted molar refractivity (Wildman–Crippen MR) is 67.6 cm³/mol. The van der Waals surface area contributed by atoms with Crippen molar-refractivity contribution in [3.05, 3.63) is 40.9 Å².